The fourth-order valence-corrected chi connectivity index (χ4v) is 3.35. The first kappa shape index (κ1) is 14.6. The summed E-state index contributed by atoms with van der Waals surface area (Å²) < 4.78 is 28.3. The molecular formula is C11H13BrF2O2S. The number of halogens is 3. The van der Waals surface area contributed by atoms with Gasteiger partial charge in [0, 0.05) is 10.9 Å². The van der Waals surface area contributed by atoms with Crippen LogP contribution in [0.15, 0.2) is 15.9 Å². The van der Waals surface area contributed by atoms with E-state index in [0.717, 1.165) is 11.3 Å². The summed E-state index contributed by atoms with van der Waals surface area (Å²) in [6.07, 6.45) is -0.753. The molecule has 0 fully saturated rings. The van der Waals surface area contributed by atoms with E-state index in [-0.39, 0.29) is 11.3 Å². The maximum Gasteiger partial charge on any atom is 0.303 e. The zero-order valence-corrected chi connectivity index (χ0v) is 11.9. The lowest BCUT2D eigenvalue weighted by atomic mass is 9.82. The third kappa shape index (κ3) is 4.03. The third-order valence-electron chi connectivity index (χ3n) is 2.28. The molecule has 0 radical (unpaired) electrons. The summed E-state index contributed by atoms with van der Waals surface area (Å²) in [5, 5.41) is 10.3. The van der Waals surface area contributed by atoms with Crippen LogP contribution in [-0.2, 0) is 10.7 Å². The van der Waals surface area contributed by atoms with E-state index in [1.54, 1.807) is 11.4 Å². The molecule has 0 atom stereocenters. The summed E-state index contributed by atoms with van der Waals surface area (Å²) >= 11 is 4.05. The first-order valence-corrected chi connectivity index (χ1v) is 6.64. The highest BCUT2D eigenvalue weighted by Crippen LogP contribution is 2.45. The molecule has 0 aromatic carbocycles. The molecule has 0 bridgehead atoms. The number of thiophene rings is 1. The lowest BCUT2D eigenvalue weighted by Crippen LogP contribution is -2.26. The van der Waals surface area contributed by atoms with Crippen molar-refractivity contribution in [3.05, 3.63) is 20.8 Å². The van der Waals surface area contributed by atoms with Crippen LogP contribution in [0.2, 0.25) is 0 Å². The SMILES string of the molecule is CC(C)(CC(=O)O)CC(F)(F)c1sccc1Br. The number of carboxylic acid groups (broad SMARTS) is 1. The molecule has 1 aromatic heterocycles. The second-order valence-electron chi connectivity index (χ2n) is 4.71. The van der Waals surface area contributed by atoms with Gasteiger partial charge in [-0.1, -0.05) is 13.8 Å². The normalized spacial score (nSPS) is 12.8. The van der Waals surface area contributed by atoms with E-state index < -0.39 is 23.7 Å². The molecule has 0 aliphatic heterocycles. The molecule has 0 amide bonds. The first-order valence-electron chi connectivity index (χ1n) is 4.97. The van der Waals surface area contributed by atoms with Crippen LogP contribution in [0, 0.1) is 5.41 Å². The van der Waals surface area contributed by atoms with E-state index in [2.05, 4.69) is 15.9 Å². The van der Waals surface area contributed by atoms with Gasteiger partial charge in [0.25, 0.3) is 5.92 Å². The first-order chi connectivity index (χ1) is 7.64. The summed E-state index contributed by atoms with van der Waals surface area (Å²) in [7, 11) is 0. The van der Waals surface area contributed by atoms with E-state index in [1.165, 1.54) is 13.8 Å². The predicted molar refractivity (Wildman–Crippen MR) is 66.6 cm³/mol. The lowest BCUT2D eigenvalue weighted by Gasteiger charge is -2.27. The summed E-state index contributed by atoms with van der Waals surface area (Å²) in [5.41, 5.74) is -0.946. The molecule has 1 rings (SSSR count). The number of alkyl halides is 2. The van der Waals surface area contributed by atoms with Gasteiger partial charge in [-0.3, -0.25) is 4.79 Å². The maximum absolute atomic E-state index is 14.0. The molecule has 2 nitrogen and oxygen atoms in total. The highest BCUT2D eigenvalue weighted by Gasteiger charge is 2.41. The Balaban J connectivity index is 2.86. The van der Waals surface area contributed by atoms with Crippen LogP contribution in [0.5, 0.6) is 0 Å². The van der Waals surface area contributed by atoms with Crippen LogP contribution < -0.4 is 0 Å². The van der Waals surface area contributed by atoms with Gasteiger partial charge >= 0.3 is 5.97 Å². The molecule has 0 saturated heterocycles. The summed E-state index contributed by atoms with van der Waals surface area (Å²) in [6, 6.07) is 1.57. The van der Waals surface area contributed by atoms with Gasteiger partial charge in [0.2, 0.25) is 0 Å². The number of hydrogen-bond acceptors (Lipinski definition) is 2. The standard InChI is InChI=1S/C11H13BrF2O2S/c1-10(2,5-8(15)16)6-11(13,14)9-7(12)3-4-17-9/h3-4H,5-6H2,1-2H3,(H,15,16). The van der Waals surface area contributed by atoms with Crippen molar-refractivity contribution in [1.29, 1.82) is 0 Å². The molecular weight excluding hydrogens is 314 g/mol. The zero-order chi connectivity index (χ0) is 13.3. The van der Waals surface area contributed by atoms with Crippen molar-refractivity contribution in [3.63, 3.8) is 0 Å². The van der Waals surface area contributed by atoms with Crippen molar-refractivity contribution >= 4 is 33.2 Å². The smallest absolute Gasteiger partial charge is 0.303 e. The number of hydrogen-bond donors (Lipinski definition) is 1. The van der Waals surface area contributed by atoms with Crippen LogP contribution in [-0.4, -0.2) is 11.1 Å². The van der Waals surface area contributed by atoms with Gasteiger partial charge in [0.1, 0.15) is 0 Å². The van der Waals surface area contributed by atoms with E-state index in [4.69, 9.17) is 5.11 Å². The summed E-state index contributed by atoms with van der Waals surface area (Å²) in [5.74, 6) is -4.07. The quantitative estimate of drug-likeness (QED) is 0.865. The van der Waals surface area contributed by atoms with Crippen molar-refractivity contribution in [3.8, 4) is 0 Å². The summed E-state index contributed by atoms with van der Waals surface area (Å²) in [6.45, 7) is 3.08. The highest BCUT2D eigenvalue weighted by atomic mass is 79.9. The summed E-state index contributed by atoms with van der Waals surface area (Å²) in [4.78, 5) is 10.6. The molecule has 1 heterocycles. The zero-order valence-electron chi connectivity index (χ0n) is 9.47. The van der Waals surface area contributed by atoms with Crippen LogP contribution in [0.4, 0.5) is 8.78 Å². The van der Waals surface area contributed by atoms with Crippen LogP contribution in [0.1, 0.15) is 31.6 Å². The third-order valence-corrected chi connectivity index (χ3v) is 4.23. The highest BCUT2D eigenvalue weighted by molar-refractivity contribution is 9.10. The number of carbonyl (C=O) groups is 1. The van der Waals surface area contributed by atoms with Crippen molar-refractivity contribution in [2.75, 3.05) is 0 Å². The van der Waals surface area contributed by atoms with Gasteiger partial charge in [-0.05, 0) is 32.8 Å². The minimum atomic E-state index is -3.01. The van der Waals surface area contributed by atoms with Gasteiger partial charge in [-0.2, -0.15) is 0 Å². The molecule has 96 valence electrons. The fraction of sp³-hybridized carbons (Fsp3) is 0.545. The van der Waals surface area contributed by atoms with E-state index in [9.17, 15) is 13.6 Å². The molecule has 0 aliphatic carbocycles. The molecule has 17 heavy (non-hydrogen) atoms. The maximum atomic E-state index is 14.0. The van der Waals surface area contributed by atoms with Crippen LogP contribution in [0.25, 0.3) is 0 Å². The minimum Gasteiger partial charge on any atom is -0.481 e. The molecule has 0 saturated carbocycles. The minimum absolute atomic E-state index is 0.0454. The van der Waals surface area contributed by atoms with Gasteiger partial charge in [0.15, 0.2) is 0 Å². The molecule has 1 N–H and O–H groups in total. The Morgan fingerprint density at radius 2 is 2.12 bits per heavy atom. The van der Waals surface area contributed by atoms with Gasteiger partial charge in [-0.25, -0.2) is 8.78 Å². The fourth-order valence-electron chi connectivity index (χ4n) is 1.71. The van der Waals surface area contributed by atoms with Crippen molar-refractivity contribution in [1.82, 2.24) is 0 Å². The second-order valence-corrected chi connectivity index (χ2v) is 6.48. The van der Waals surface area contributed by atoms with Crippen molar-refractivity contribution in [2.45, 2.75) is 32.6 Å². The number of carboxylic acids is 1. The average molecular weight is 327 g/mol. The van der Waals surface area contributed by atoms with Gasteiger partial charge in [-0.15, -0.1) is 11.3 Å². The van der Waals surface area contributed by atoms with Crippen molar-refractivity contribution < 1.29 is 18.7 Å². The predicted octanol–water partition coefficient (Wildman–Crippen LogP) is 4.49. The topological polar surface area (TPSA) is 37.3 Å². The number of rotatable bonds is 5. The Bertz CT molecular complexity index is 415. The molecule has 0 spiro atoms. The molecule has 0 unspecified atom stereocenters. The van der Waals surface area contributed by atoms with Gasteiger partial charge in [0.05, 0.1) is 11.3 Å². The molecule has 1 aromatic rings. The lowest BCUT2D eigenvalue weighted by molar-refractivity contribution is -0.140. The van der Waals surface area contributed by atoms with Gasteiger partial charge < -0.3 is 5.11 Å². The van der Waals surface area contributed by atoms with Crippen LogP contribution in [0.3, 0.4) is 0 Å². The van der Waals surface area contributed by atoms with Crippen molar-refractivity contribution in [2.24, 2.45) is 5.41 Å². The average Bonchev–Trinajstić information content (AvgIpc) is 2.46. The Labute approximate surface area is 111 Å². The van der Waals surface area contributed by atoms with E-state index in [0.29, 0.717) is 4.47 Å². The Morgan fingerprint density at radius 3 is 2.53 bits per heavy atom. The molecule has 0 aliphatic rings. The monoisotopic (exact) mass is 326 g/mol. The Kier molecular flexibility index (Phi) is 4.30. The van der Waals surface area contributed by atoms with E-state index in [1.807, 2.05) is 0 Å². The number of aliphatic carboxylic acids is 1. The Morgan fingerprint density at radius 1 is 1.53 bits per heavy atom. The Hall–Kier alpha value is -0.490. The molecule has 6 heteroatoms. The van der Waals surface area contributed by atoms with Crippen LogP contribution >= 0.6 is 27.3 Å². The largest absolute Gasteiger partial charge is 0.481 e. The van der Waals surface area contributed by atoms with E-state index >= 15 is 0 Å². The second kappa shape index (κ2) is 5.02.